The second-order valence-corrected chi connectivity index (χ2v) is 4.90. The summed E-state index contributed by atoms with van der Waals surface area (Å²) in [6.07, 6.45) is 1.92. The minimum atomic E-state index is -0.726. The Balaban J connectivity index is 0. The minimum Gasteiger partial charge on any atom is -0.372 e. The fourth-order valence-corrected chi connectivity index (χ4v) is 1.37. The predicted molar refractivity (Wildman–Crippen MR) is 85.8 cm³/mol. The van der Waals surface area contributed by atoms with E-state index in [4.69, 9.17) is 16.3 Å². The summed E-state index contributed by atoms with van der Waals surface area (Å²) in [6, 6.07) is -0.600. The highest BCUT2D eigenvalue weighted by Crippen LogP contribution is 1.90. The van der Waals surface area contributed by atoms with Gasteiger partial charge >= 0.3 is 0 Å². The van der Waals surface area contributed by atoms with E-state index in [-0.39, 0.29) is 37.4 Å². The maximum absolute atomic E-state index is 11.4. The molecule has 4 amide bonds. The first-order chi connectivity index (χ1) is 10.7. The van der Waals surface area contributed by atoms with Crippen LogP contribution in [0.2, 0.25) is 0 Å². The van der Waals surface area contributed by atoms with Crippen LogP contribution in [0.1, 0.15) is 26.7 Å². The highest BCUT2D eigenvalue weighted by Gasteiger charge is 2.11. The lowest BCUT2D eigenvalue weighted by molar-refractivity contribution is -0.126. The van der Waals surface area contributed by atoms with Crippen LogP contribution in [0.25, 0.3) is 0 Å². The molecule has 0 rings (SSSR count). The van der Waals surface area contributed by atoms with Crippen LogP contribution in [0.5, 0.6) is 0 Å². The van der Waals surface area contributed by atoms with E-state index in [1.54, 1.807) is 0 Å². The van der Waals surface area contributed by atoms with Gasteiger partial charge in [-0.3, -0.25) is 24.5 Å². The highest BCUT2D eigenvalue weighted by atomic mass is 16.2. The van der Waals surface area contributed by atoms with E-state index < -0.39 is 11.9 Å². The summed E-state index contributed by atoms with van der Waals surface area (Å²) >= 11 is 0. The van der Waals surface area contributed by atoms with Crippen molar-refractivity contribution in [2.24, 2.45) is 17.2 Å². The van der Waals surface area contributed by atoms with Crippen LogP contribution in [0.3, 0.4) is 0 Å². The molecule has 2 unspecified atom stereocenters. The Morgan fingerprint density at radius 2 is 1.65 bits per heavy atom. The largest absolute Gasteiger partial charge is 0.372 e. The first kappa shape index (κ1) is 23.1. The van der Waals surface area contributed by atoms with Crippen molar-refractivity contribution in [3.05, 3.63) is 0 Å². The summed E-state index contributed by atoms with van der Waals surface area (Å²) < 4.78 is 0. The van der Waals surface area contributed by atoms with Crippen molar-refractivity contribution in [3.8, 4) is 0 Å². The molecule has 0 spiro atoms. The van der Waals surface area contributed by atoms with Crippen LogP contribution in [0.15, 0.2) is 0 Å². The second-order valence-electron chi connectivity index (χ2n) is 4.90. The van der Waals surface area contributed by atoms with Crippen molar-refractivity contribution >= 4 is 24.1 Å². The van der Waals surface area contributed by atoms with Gasteiger partial charge in [0.25, 0.3) is 0 Å². The zero-order valence-corrected chi connectivity index (χ0v) is 13.6. The molecule has 10 heteroatoms. The summed E-state index contributed by atoms with van der Waals surface area (Å²) in [5, 5.41) is 7.78. The molecule has 0 fully saturated rings. The summed E-state index contributed by atoms with van der Waals surface area (Å²) in [5.41, 5.74) is 14.8. The number of nitrogens with two attached hydrogens (primary N) is 3. The van der Waals surface area contributed by atoms with Crippen molar-refractivity contribution in [3.63, 3.8) is 0 Å². The van der Waals surface area contributed by atoms with E-state index in [0.29, 0.717) is 6.54 Å². The Hall–Kier alpha value is -2.20. The summed E-state index contributed by atoms with van der Waals surface area (Å²) in [6.45, 7) is 3.95. The van der Waals surface area contributed by atoms with Gasteiger partial charge in [0.1, 0.15) is 6.04 Å². The molecule has 0 aliphatic heterocycles. The molecule has 0 heterocycles. The van der Waals surface area contributed by atoms with Gasteiger partial charge in [-0.2, -0.15) is 0 Å². The Bertz CT molecular complexity index is 375. The Morgan fingerprint density at radius 3 is 2.13 bits per heavy atom. The van der Waals surface area contributed by atoms with Gasteiger partial charge in [0.15, 0.2) is 0 Å². The molecule has 0 saturated heterocycles. The van der Waals surface area contributed by atoms with Gasteiger partial charge in [0.05, 0.1) is 13.1 Å². The second kappa shape index (κ2) is 14.7. The lowest BCUT2D eigenvalue weighted by Crippen LogP contribution is -2.46. The lowest BCUT2D eigenvalue weighted by Gasteiger charge is -2.11. The molecule has 0 aromatic carbocycles. The molecule has 0 saturated carbocycles. The molecular weight excluding hydrogens is 304 g/mol. The molecule has 23 heavy (non-hydrogen) atoms. The van der Waals surface area contributed by atoms with Crippen LogP contribution >= 0.6 is 0 Å². The summed E-state index contributed by atoms with van der Waals surface area (Å²) in [7, 11) is 0. The van der Waals surface area contributed by atoms with Gasteiger partial charge in [-0.1, -0.05) is 0 Å². The maximum atomic E-state index is 11.4. The number of primary amides is 2. The van der Waals surface area contributed by atoms with Crippen molar-refractivity contribution in [1.82, 2.24) is 16.0 Å². The van der Waals surface area contributed by atoms with Gasteiger partial charge in [-0.05, 0) is 26.7 Å². The zero-order valence-electron chi connectivity index (χ0n) is 13.6. The Kier molecular flexibility index (Phi) is 14.8. The van der Waals surface area contributed by atoms with Gasteiger partial charge in [-0.25, -0.2) is 0 Å². The quantitative estimate of drug-likeness (QED) is 0.182. The van der Waals surface area contributed by atoms with E-state index in [9.17, 15) is 14.4 Å². The van der Waals surface area contributed by atoms with Gasteiger partial charge < -0.3 is 27.8 Å². The van der Waals surface area contributed by atoms with Crippen molar-refractivity contribution in [2.75, 3.05) is 19.6 Å². The predicted octanol–water partition coefficient (Wildman–Crippen LogP) is -3.09. The molecule has 0 bridgehead atoms. The van der Waals surface area contributed by atoms with Crippen LogP contribution in [0, 0.1) is 0 Å². The van der Waals surface area contributed by atoms with Crippen molar-refractivity contribution < 1.29 is 19.2 Å². The van der Waals surface area contributed by atoms with Crippen LogP contribution in [0.4, 0.5) is 0 Å². The van der Waals surface area contributed by atoms with Gasteiger partial charge in [0.2, 0.25) is 24.1 Å². The SMILES string of the molecule is CC(N)CCCNC(=O)CNCC(=O)NC(C)C(N)=O.NC=O. The van der Waals surface area contributed by atoms with E-state index >= 15 is 0 Å². The molecule has 9 N–H and O–H groups in total. The van der Waals surface area contributed by atoms with E-state index in [0.717, 1.165) is 12.8 Å². The van der Waals surface area contributed by atoms with Crippen molar-refractivity contribution in [2.45, 2.75) is 38.8 Å². The molecule has 0 aromatic heterocycles. The van der Waals surface area contributed by atoms with Crippen molar-refractivity contribution in [1.29, 1.82) is 0 Å². The number of nitrogens with one attached hydrogen (secondary N) is 3. The minimum absolute atomic E-state index is 0.0382. The Morgan fingerprint density at radius 1 is 1.13 bits per heavy atom. The normalized spacial score (nSPS) is 12.1. The average molecular weight is 332 g/mol. The average Bonchev–Trinajstić information content (AvgIpc) is 2.44. The third kappa shape index (κ3) is 17.7. The number of hydrogen-bond acceptors (Lipinski definition) is 6. The van der Waals surface area contributed by atoms with Crippen LogP contribution in [-0.2, 0) is 19.2 Å². The first-order valence-corrected chi connectivity index (χ1v) is 7.21. The number of rotatable bonds is 10. The van der Waals surface area contributed by atoms with Crippen LogP contribution in [-0.4, -0.2) is 55.8 Å². The molecular formula is C13H28N6O4. The highest BCUT2D eigenvalue weighted by molar-refractivity contribution is 5.87. The third-order valence-electron chi connectivity index (χ3n) is 2.53. The van der Waals surface area contributed by atoms with Crippen LogP contribution < -0.4 is 33.2 Å². The number of carbonyl (C=O) groups is 4. The molecule has 0 aliphatic carbocycles. The lowest BCUT2D eigenvalue weighted by atomic mass is 10.2. The van der Waals surface area contributed by atoms with Gasteiger partial charge in [-0.15, -0.1) is 0 Å². The van der Waals surface area contributed by atoms with E-state index in [1.807, 2.05) is 6.92 Å². The first-order valence-electron chi connectivity index (χ1n) is 7.21. The molecule has 0 aliphatic rings. The summed E-state index contributed by atoms with van der Waals surface area (Å²) in [5.74, 6) is -1.18. The van der Waals surface area contributed by atoms with Gasteiger partial charge in [0, 0.05) is 12.6 Å². The topological polar surface area (TPSA) is 182 Å². The number of hydrogen-bond donors (Lipinski definition) is 6. The monoisotopic (exact) mass is 332 g/mol. The van der Waals surface area contributed by atoms with E-state index in [1.165, 1.54) is 6.92 Å². The maximum Gasteiger partial charge on any atom is 0.239 e. The van der Waals surface area contributed by atoms with E-state index in [2.05, 4.69) is 21.7 Å². The fraction of sp³-hybridized carbons (Fsp3) is 0.692. The molecule has 134 valence electrons. The fourth-order valence-electron chi connectivity index (χ4n) is 1.37. The number of carbonyl (C=O) groups excluding carboxylic acids is 4. The Labute approximate surface area is 135 Å². The number of amides is 4. The third-order valence-corrected chi connectivity index (χ3v) is 2.53. The molecule has 2 atom stereocenters. The summed E-state index contributed by atoms with van der Waals surface area (Å²) in [4.78, 5) is 42.0. The smallest absolute Gasteiger partial charge is 0.239 e. The zero-order chi connectivity index (χ0) is 18.3. The molecule has 0 radical (unpaired) electrons. The molecule has 10 nitrogen and oxygen atoms in total. The standard InChI is InChI=1S/C12H25N5O3.CH3NO/c1-8(13)4-3-5-16-10(18)6-15-7-11(19)17-9(2)12(14)20;2-1-3/h8-9,15H,3-7,13H2,1-2H3,(H2,14,20)(H,16,18)(H,17,19);1H,(H2,2,3). The molecule has 0 aromatic rings.